The molecule has 198 valence electrons. The van der Waals surface area contributed by atoms with Crippen molar-refractivity contribution >= 4 is 35.4 Å². The molecule has 4 rings (SSSR count). The van der Waals surface area contributed by atoms with Crippen LogP contribution < -0.4 is 37.1 Å². The Balaban J connectivity index is 1.86. The topological polar surface area (TPSA) is 168 Å². The second-order valence-corrected chi connectivity index (χ2v) is 8.44. The van der Waals surface area contributed by atoms with Gasteiger partial charge in [-0.25, -0.2) is 15.0 Å². The zero-order chi connectivity index (χ0) is 27.1. The second-order valence-electron chi connectivity index (χ2n) is 7.71. The molecular formula is C25H28N8O4S. The predicted molar refractivity (Wildman–Crippen MR) is 147 cm³/mol. The third-order valence-electron chi connectivity index (χ3n) is 5.22. The smallest absolute Gasteiger partial charge is 0.191 e. The van der Waals surface area contributed by atoms with E-state index in [1.807, 2.05) is 43.4 Å². The first-order chi connectivity index (χ1) is 18.4. The Morgan fingerprint density at radius 2 is 1.92 bits per heavy atom. The number of amidine groups is 1. The summed E-state index contributed by atoms with van der Waals surface area (Å²) in [6, 6.07) is 5.45. The zero-order valence-electron chi connectivity index (χ0n) is 21.1. The maximum Gasteiger partial charge on any atom is 0.191 e. The molecule has 1 aromatic carbocycles. The first kappa shape index (κ1) is 26.4. The summed E-state index contributed by atoms with van der Waals surface area (Å²) < 4.78 is 23.1. The Labute approximate surface area is 223 Å². The van der Waals surface area contributed by atoms with E-state index in [4.69, 9.17) is 25.7 Å². The van der Waals surface area contributed by atoms with Crippen LogP contribution in [0.25, 0.3) is 17.5 Å². The van der Waals surface area contributed by atoms with Crippen molar-refractivity contribution in [2.24, 2.45) is 10.1 Å². The number of aromatic nitrogens is 4. The lowest BCUT2D eigenvalue weighted by Gasteiger charge is -2.17. The summed E-state index contributed by atoms with van der Waals surface area (Å²) >= 11 is 1.16. The number of aromatic hydroxyl groups is 1. The van der Waals surface area contributed by atoms with Gasteiger partial charge in [0.2, 0.25) is 0 Å². The monoisotopic (exact) mass is 536 g/mol. The maximum absolute atomic E-state index is 9.35. The van der Waals surface area contributed by atoms with Gasteiger partial charge in [0, 0.05) is 6.08 Å². The number of nitrogens with one attached hydrogen (secondary N) is 1. The number of anilines is 1. The highest BCUT2D eigenvalue weighted by molar-refractivity contribution is 7.97. The Morgan fingerprint density at radius 1 is 1.21 bits per heavy atom. The Morgan fingerprint density at radius 3 is 2.58 bits per heavy atom. The summed E-state index contributed by atoms with van der Waals surface area (Å²) in [4.78, 5) is 12.7. The minimum atomic E-state index is -0.00885. The van der Waals surface area contributed by atoms with Gasteiger partial charge in [-0.1, -0.05) is 12.1 Å². The van der Waals surface area contributed by atoms with Crippen LogP contribution in [0.1, 0.15) is 12.7 Å². The molecule has 3 heterocycles. The standard InChI is InChI=1S/C25H28N8O4S/c1-4-37-22-10-5-7-16(30-22)25-31-24(27)17(33(25)23-18(35-2)8-6-9-19(23)36-3)11-20(26)32-38-14-21-28-12-15(34)13-29-21/h5-13,30,34H,4,14H2,1-3H3,(H2,26,32)(H2,27,31). The number of imidazole rings is 1. The number of para-hydroxylation sites is 1. The average molecular weight is 537 g/mol. The SMILES string of the molecule is CCOC1=CC=CC(=c2nc(N)c(=CC(N)=NSCc3ncc(O)cn3)n2-c2c(OC)cccc2OC)N1. The number of dihydropyridines is 1. The van der Waals surface area contributed by atoms with Crippen molar-refractivity contribution in [1.29, 1.82) is 0 Å². The van der Waals surface area contributed by atoms with Gasteiger partial charge in [-0.2, -0.15) is 4.40 Å². The Hall–Kier alpha value is -4.65. The molecule has 1 aliphatic rings. The minimum Gasteiger partial charge on any atom is -0.505 e. The fraction of sp³-hybridized carbons (Fsp3) is 0.200. The summed E-state index contributed by atoms with van der Waals surface area (Å²) in [7, 11) is 3.14. The van der Waals surface area contributed by atoms with Crippen LogP contribution in [0, 0.1) is 0 Å². The number of benzene rings is 1. The molecule has 0 saturated heterocycles. The molecule has 0 spiro atoms. The van der Waals surface area contributed by atoms with E-state index in [2.05, 4.69) is 24.7 Å². The molecule has 12 nitrogen and oxygen atoms in total. The van der Waals surface area contributed by atoms with E-state index in [1.54, 1.807) is 24.9 Å². The lowest BCUT2D eigenvalue weighted by molar-refractivity contribution is 0.215. The second kappa shape index (κ2) is 12.1. The van der Waals surface area contributed by atoms with Gasteiger partial charge in [-0.05, 0) is 43.2 Å². The molecule has 0 unspecified atom stereocenters. The van der Waals surface area contributed by atoms with Gasteiger partial charge in [0.15, 0.2) is 22.9 Å². The summed E-state index contributed by atoms with van der Waals surface area (Å²) in [5.41, 5.74) is 14.4. The van der Waals surface area contributed by atoms with E-state index in [-0.39, 0.29) is 17.4 Å². The highest BCUT2D eigenvalue weighted by Crippen LogP contribution is 2.30. The van der Waals surface area contributed by atoms with Crippen molar-refractivity contribution in [3.63, 3.8) is 0 Å². The van der Waals surface area contributed by atoms with E-state index in [0.29, 0.717) is 57.8 Å². The van der Waals surface area contributed by atoms with Gasteiger partial charge in [0.05, 0.1) is 50.0 Å². The van der Waals surface area contributed by atoms with Crippen molar-refractivity contribution in [1.82, 2.24) is 24.8 Å². The Kier molecular flexibility index (Phi) is 8.38. The fourth-order valence-electron chi connectivity index (χ4n) is 3.62. The highest BCUT2D eigenvalue weighted by Gasteiger charge is 2.19. The van der Waals surface area contributed by atoms with Crippen LogP contribution in [-0.4, -0.2) is 51.3 Å². The maximum atomic E-state index is 9.35. The highest BCUT2D eigenvalue weighted by atomic mass is 32.2. The van der Waals surface area contributed by atoms with Gasteiger partial charge in [0.1, 0.15) is 28.8 Å². The molecule has 6 N–H and O–H groups in total. The predicted octanol–water partition coefficient (Wildman–Crippen LogP) is 1.10. The Bertz CT molecular complexity index is 1490. The first-order valence-electron chi connectivity index (χ1n) is 11.5. The number of allylic oxidation sites excluding steroid dienone is 2. The van der Waals surface area contributed by atoms with Gasteiger partial charge < -0.3 is 36.1 Å². The van der Waals surface area contributed by atoms with Gasteiger partial charge in [-0.15, -0.1) is 0 Å². The number of nitrogens with two attached hydrogens (primary N) is 2. The molecule has 2 aromatic heterocycles. The summed E-state index contributed by atoms with van der Waals surface area (Å²) in [6.07, 6.45) is 9.79. The van der Waals surface area contributed by atoms with Gasteiger partial charge in [0.25, 0.3) is 0 Å². The number of nitrogen functional groups attached to an aromatic ring is 1. The lowest BCUT2D eigenvalue weighted by Crippen LogP contribution is -2.33. The average Bonchev–Trinajstić information content (AvgIpc) is 3.24. The molecule has 0 radical (unpaired) electrons. The lowest BCUT2D eigenvalue weighted by atomic mass is 10.2. The quantitative estimate of drug-likeness (QED) is 0.176. The van der Waals surface area contributed by atoms with Crippen LogP contribution in [0.15, 0.2) is 59.1 Å². The van der Waals surface area contributed by atoms with Gasteiger partial charge >= 0.3 is 0 Å². The first-order valence-corrected chi connectivity index (χ1v) is 12.4. The molecule has 13 heteroatoms. The molecule has 0 atom stereocenters. The van der Waals surface area contributed by atoms with Crippen LogP contribution in [0.3, 0.4) is 0 Å². The van der Waals surface area contributed by atoms with Crippen molar-refractivity contribution in [3.8, 4) is 22.9 Å². The molecule has 0 aliphatic carbocycles. The molecule has 0 bridgehead atoms. The minimum absolute atomic E-state index is 0.00885. The van der Waals surface area contributed by atoms with Crippen LogP contribution >= 0.6 is 11.9 Å². The van der Waals surface area contributed by atoms with Gasteiger partial charge in [-0.3, -0.25) is 4.57 Å². The number of methoxy groups -OCH3 is 2. The van der Waals surface area contributed by atoms with E-state index >= 15 is 0 Å². The van der Waals surface area contributed by atoms with E-state index in [1.165, 1.54) is 12.4 Å². The number of nitrogens with zero attached hydrogens (tertiary/aromatic N) is 5. The molecule has 38 heavy (non-hydrogen) atoms. The van der Waals surface area contributed by atoms with Crippen LogP contribution in [0.5, 0.6) is 17.2 Å². The van der Waals surface area contributed by atoms with E-state index in [0.717, 1.165) is 11.9 Å². The number of hydrogen-bond donors (Lipinski definition) is 4. The van der Waals surface area contributed by atoms with Crippen molar-refractivity contribution in [2.45, 2.75) is 12.7 Å². The number of hydrogen-bond acceptors (Lipinski definition) is 11. The molecule has 3 aromatic rings. The molecular weight excluding hydrogens is 508 g/mol. The van der Waals surface area contributed by atoms with E-state index < -0.39 is 0 Å². The van der Waals surface area contributed by atoms with Crippen molar-refractivity contribution < 1.29 is 19.3 Å². The largest absolute Gasteiger partial charge is 0.505 e. The van der Waals surface area contributed by atoms with Crippen molar-refractivity contribution in [3.05, 3.63) is 71.4 Å². The summed E-state index contributed by atoms with van der Waals surface area (Å²) in [6.45, 7) is 2.40. The molecule has 0 amide bonds. The third kappa shape index (κ3) is 5.83. The number of ether oxygens (including phenoxy) is 3. The fourth-order valence-corrected chi connectivity index (χ4v) is 4.15. The molecule has 1 aliphatic heterocycles. The third-order valence-corrected chi connectivity index (χ3v) is 5.94. The number of rotatable bonds is 9. The normalized spacial score (nSPS) is 15.2. The van der Waals surface area contributed by atoms with Crippen LogP contribution in [0.2, 0.25) is 0 Å². The van der Waals surface area contributed by atoms with E-state index in [9.17, 15) is 5.11 Å². The summed E-state index contributed by atoms with van der Waals surface area (Å²) in [5.74, 6) is 2.90. The van der Waals surface area contributed by atoms with Crippen LogP contribution in [0.4, 0.5) is 5.82 Å². The van der Waals surface area contributed by atoms with Crippen LogP contribution in [-0.2, 0) is 10.5 Å². The molecule has 0 fully saturated rings. The summed E-state index contributed by atoms with van der Waals surface area (Å²) in [5, 5.41) is 13.1. The van der Waals surface area contributed by atoms with Crippen molar-refractivity contribution in [2.75, 3.05) is 26.6 Å². The zero-order valence-corrected chi connectivity index (χ0v) is 21.9. The molecule has 0 saturated carbocycles.